The lowest BCUT2D eigenvalue weighted by Gasteiger charge is -2.23. The molecule has 1 aliphatic heterocycles. The van der Waals surface area contributed by atoms with Crippen molar-refractivity contribution >= 4 is 5.84 Å². The van der Waals surface area contributed by atoms with Crippen molar-refractivity contribution in [3.05, 3.63) is 0 Å². The second kappa shape index (κ2) is 5.44. The van der Waals surface area contributed by atoms with Gasteiger partial charge in [0.25, 0.3) is 0 Å². The van der Waals surface area contributed by atoms with Crippen molar-refractivity contribution in [2.75, 3.05) is 27.3 Å². The molecule has 1 heterocycles. The number of likely N-dealkylation sites (tertiary alicyclic amines) is 1. The van der Waals surface area contributed by atoms with Gasteiger partial charge in [-0.05, 0) is 6.92 Å². The monoisotopic (exact) mass is 215 g/mol. The third-order valence-electron chi connectivity index (χ3n) is 2.99. The molecule has 3 atom stereocenters. The van der Waals surface area contributed by atoms with Gasteiger partial charge in [-0.2, -0.15) is 0 Å². The summed E-state index contributed by atoms with van der Waals surface area (Å²) in [6.45, 7) is 3.78. The van der Waals surface area contributed by atoms with Crippen molar-refractivity contribution in [2.24, 2.45) is 5.73 Å². The lowest BCUT2D eigenvalue weighted by atomic mass is 10.2. The highest BCUT2D eigenvalue weighted by Gasteiger charge is 2.35. The van der Waals surface area contributed by atoms with Crippen molar-refractivity contribution in [3.8, 4) is 0 Å². The number of nitrogens with one attached hydrogen (secondary N) is 1. The molecule has 1 rings (SSSR count). The Labute approximate surface area is 91.0 Å². The van der Waals surface area contributed by atoms with Gasteiger partial charge in [0.15, 0.2) is 0 Å². The zero-order valence-electron chi connectivity index (χ0n) is 9.69. The largest absolute Gasteiger partial charge is 0.388 e. The molecule has 0 radical (unpaired) electrons. The van der Waals surface area contributed by atoms with Crippen LogP contribution < -0.4 is 5.73 Å². The summed E-state index contributed by atoms with van der Waals surface area (Å²) in [6.07, 6.45) is 0.862. The Morgan fingerprint density at radius 1 is 1.40 bits per heavy atom. The molecule has 0 spiro atoms. The minimum Gasteiger partial charge on any atom is -0.388 e. The van der Waals surface area contributed by atoms with Crippen LogP contribution >= 0.6 is 0 Å². The van der Waals surface area contributed by atoms with Crippen LogP contribution in [0.3, 0.4) is 0 Å². The summed E-state index contributed by atoms with van der Waals surface area (Å²) < 4.78 is 10.7. The molecular formula is C10H21N3O2. The quantitative estimate of drug-likeness (QED) is 0.502. The van der Waals surface area contributed by atoms with Gasteiger partial charge in [-0.1, -0.05) is 0 Å². The highest BCUT2D eigenvalue weighted by Crippen LogP contribution is 2.19. The van der Waals surface area contributed by atoms with E-state index in [4.69, 9.17) is 20.6 Å². The molecule has 0 aromatic heterocycles. The van der Waals surface area contributed by atoms with E-state index in [1.165, 1.54) is 0 Å². The molecule has 0 aliphatic carbocycles. The van der Waals surface area contributed by atoms with Crippen LogP contribution in [0.1, 0.15) is 13.3 Å². The van der Waals surface area contributed by atoms with Gasteiger partial charge in [0.1, 0.15) is 0 Å². The van der Waals surface area contributed by atoms with Crippen molar-refractivity contribution < 1.29 is 9.47 Å². The Morgan fingerprint density at radius 3 is 2.20 bits per heavy atom. The molecule has 0 saturated carbocycles. The zero-order valence-corrected chi connectivity index (χ0v) is 9.69. The van der Waals surface area contributed by atoms with Gasteiger partial charge < -0.3 is 15.2 Å². The third-order valence-corrected chi connectivity index (χ3v) is 2.99. The van der Waals surface area contributed by atoms with Gasteiger partial charge in [0.2, 0.25) is 0 Å². The van der Waals surface area contributed by atoms with Gasteiger partial charge in [-0.3, -0.25) is 10.3 Å². The van der Waals surface area contributed by atoms with Crippen molar-refractivity contribution in [2.45, 2.75) is 31.6 Å². The van der Waals surface area contributed by atoms with E-state index in [0.717, 1.165) is 13.1 Å². The number of amidine groups is 1. The summed E-state index contributed by atoms with van der Waals surface area (Å²) in [4.78, 5) is 2.25. The fourth-order valence-electron chi connectivity index (χ4n) is 2.03. The first-order valence-electron chi connectivity index (χ1n) is 5.21. The van der Waals surface area contributed by atoms with E-state index in [2.05, 4.69) is 11.8 Å². The number of nitrogens with two attached hydrogens (primary N) is 1. The first-order valence-corrected chi connectivity index (χ1v) is 5.21. The summed E-state index contributed by atoms with van der Waals surface area (Å²) >= 11 is 0. The predicted octanol–water partition coefficient (Wildman–Crippen LogP) is 0.0466. The van der Waals surface area contributed by atoms with E-state index >= 15 is 0 Å². The fourth-order valence-corrected chi connectivity index (χ4v) is 2.03. The van der Waals surface area contributed by atoms with Crippen LogP contribution in [0, 0.1) is 5.41 Å². The maximum absolute atomic E-state index is 7.27. The van der Waals surface area contributed by atoms with Crippen LogP contribution in [-0.4, -0.2) is 56.3 Å². The van der Waals surface area contributed by atoms with Gasteiger partial charge in [0, 0.05) is 39.8 Å². The second-order valence-electron chi connectivity index (χ2n) is 4.08. The highest BCUT2D eigenvalue weighted by atomic mass is 16.5. The SMILES string of the molecule is COC1CN(C(C)CC(=N)N)CC1OC. The molecular weight excluding hydrogens is 194 g/mol. The zero-order chi connectivity index (χ0) is 11.4. The second-order valence-corrected chi connectivity index (χ2v) is 4.08. The maximum Gasteiger partial charge on any atom is 0.0971 e. The van der Waals surface area contributed by atoms with E-state index in [9.17, 15) is 0 Å². The van der Waals surface area contributed by atoms with Crippen LogP contribution in [0.5, 0.6) is 0 Å². The smallest absolute Gasteiger partial charge is 0.0971 e. The van der Waals surface area contributed by atoms with E-state index in [1.807, 2.05) is 0 Å². The average molecular weight is 215 g/mol. The standard InChI is InChI=1S/C10H21N3O2/c1-7(4-10(11)12)13-5-8(14-2)9(6-13)15-3/h7-9H,4-6H2,1-3H3,(H3,11,12). The lowest BCUT2D eigenvalue weighted by molar-refractivity contribution is -0.00461. The number of hydrogen-bond acceptors (Lipinski definition) is 4. The number of ether oxygens (including phenoxy) is 2. The van der Waals surface area contributed by atoms with Crippen molar-refractivity contribution in [1.29, 1.82) is 5.41 Å². The Balaban J connectivity index is 2.48. The molecule has 1 aliphatic rings. The number of nitrogens with zero attached hydrogens (tertiary/aromatic N) is 1. The van der Waals surface area contributed by atoms with Crippen LogP contribution in [0.4, 0.5) is 0 Å². The van der Waals surface area contributed by atoms with Crippen LogP contribution in [0.2, 0.25) is 0 Å². The maximum atomic E-state index is 7.27. The van der Waals surface area contributed by atoms with Gasteiger partial charge >= 0.3 is 0 Å². The van der Waals surface area contributed by atoms with E-state index < -0.39 is 0 Å². The molecule has 1 fully saturated rings. The van der Waals surface area contributed by atoms with Crippen LogP contribution in [0.25, 0.3) is 0 Å². The summed E-state index contributed by atoms with van der Waals surface area (Å²) in [6, 6.07) is 0.278. The van der Waals surface area contributed by atoms with Crippen LogP contribution in [-0.2, 0) is 9.47 Å². The molecule has 3 unspecified atom stereocenters. The summed E-state index contributed by atoms with van der Waals surface area (Å²) in [7, 11) is 3.41. The van der Waals surface area contributed by atoms with Crippen molar-refractivity contribution in [3.63, 3.8) is 0 Å². The molecule has 0 amide bonds. The first-order chi connectivity index (χ1) is 7.08. The Bertz CT molecular complexity index is 211. The van der Waals surface area contributed by atoms with Crippen LogP contribution in [0.15, 0.2) is 0 Å². The summed E-state index contributed by atoms with van der Waals surface area (Å²) in [5, 5.41) is 7.27. The summed E-state index contributed by atoms with van der Waals surface area (Å²) in [5.41, 5.74) is 5.39. The Morgan fingerprint density at radius 2 is 1.87 bits per heavy atom. The predicted molar refractivity (Wildman–Crippen MR) is 59.2 cm³/mol. The molecule has 0 aromatic rings. The first kappa shape index (κ1) is 12.4. The van der Waals surface area contributed by atoms with E-state index in [-0.39, 0.29) is 24.1 Å². The number of methoxy groups -OCH3 is 2. The molecule has 88 valence electrons. The minimum atomic E-state index is 0.129. The van der Waals surface area contributed by atoms with Crippen molar-refractivity contribution in [1.82, 2.24) is 4.90 Å². The van der Waals surface area contributed by atoms with E-state index in [1.54, 1.807) is 14.2 Å². The molecule has 5 nitrogen and oxygen atoms in total. The van der Waals surface area contributed by atoms with Gasteiger partial charge in [-0.15, -0.1) is 0 Å². The van der Waals surface area contributed by atoms with Gasteiger partial charge in [-0.25, -0.2) is 0 Å². The molecule has 3 N–H and O–H groups in total. The molecule has 0 aromatic carbocycles. The minimum absolute atomic E-state index is 0.129. The topological polar surface area (TPSA) is 71.6 Å². The summed E-state index contributed by atoms with van der Waals surface area (Å²) in [5.74, 6) is 0.234. The normalized spacial score (nSPS) is 29.3. The fraction of sp³-hybridized carbons (Fsp3) is 0.900. The molecule has 15 heavy (non-hydrogen) atoms. The molecule has 0 bridgehead atoms. The highest BCUT2D eigenvalue weighted by molar-refractivity contribution is 5.77. The third kappa shape index (κ3) is 3.15. The average Bonchev–Trinajstić information content (AvgIpc) is 2.59. The number of hydrogen-bond donors (Lipinski definition) is 2. The Hall–Kier alpha value is -0.650. The Kier molecular flexibility index (Phi) is 4.50. The lowest BCUT2D eigenvalue weighted by Crippen LogP contribution is -2.35. The van der Waals surface area contributed by atoms with E-state index in [0.29, 0.717) is 6.42 Å². The number of rotatable bonds is 5. The molecule has 5 heteroatoms. The molecule has 1 saturated heterocycles. The van der Waals surface area contributed by atoms with Gasteiger partial charge in [0.05, 0.1) is 18.0 Å².